The summed E-state index contributed by atoms with van der Waals surface area (Å²) in [5, 5.41) is 0. The molecule has 6 heteroatoms. The van der Waals surface area contributed by atoms with E-state index in [0.29, 0.717) is 17.5 Å². The lowest BCUT2D eigenvalue weighted by Gasteiger charge is -2.21. The predicted molar refractivity (Wildman–Crippen MR) is 85.6 cm³/mol. The van der Waals surface area contributed by atoms with E-state index in [-0.39, 0.29) is 5.91 Å². The number of carbonyl (C=O) groups is 1. The Labute approximate surface area is 135 Å². The minimum Gasteiger partial charge on any atom is -0.353 e. The Kier molecular flexibility index (Phi) is 3.61. The second kappa shape index (κ2) is 5.77. The number of aromatic nitrogens is 3. The average molecular weight is 311 g/mol. The summed E-state index contributed by atoms with van der Waals surface area (Å²) in [7, 11) is 2.09. The number of hydrogen-bond donors (Lipinski definition) is 0. The highest BCUT2D eigenvalue weighted by Gasteiger charge is 2.41. The third-order valence-electron chi connectivity index (χ3n) is 5.07. The van der Waals surface area contributed by atoms with Crippen LogP contribution in [0.25, 0.3) is 0 Å². The van der Waals surface area contributed by atoms with Gasteiger partial charge in [-0.1, -0.05) is 0 Å². The maximum Gasteiger partial charge on any atom is 0.274 e. The lowest BCUT2D eigenvalue weighted by molar-refractivity contribution is 0.0767. The van der Waals surface area contributed by atoms with Crippen LogP contribution in [0.1, 0.15) is 16.2 Å². The number of fused-ring (bicyclic) bond motifs is 1. The van der Waals surface area contributed by atoms with Gasteiger partial charge in [-0.15, -0.1) is 0 Å². The van der Waals surface area contributed by atoms with Crippen LogP contribution in [0, 0.1) is 11.8 Å². The van der Waals surface area contributed by atoms with Crippen LogP contribution in [0.15, 0.2) is 36.9 Å². The molecule has 0 bridgehead atoms. The van der Waals surface area contributed by atoms with Crippen LogP contribution in [0.5, 0.6) is 0 Å². The van der Waals surface area contributed by atoms with Gasteiger partial charge < -0.3 is 9.47 Å². The van der Waals surface area contributed by atoms with Crippen molar-refractivity contribution in [2.24, 2.45) is 18.9 Å². The first-order chi connectivity index (χ1) is 11.2. The Balaban J connectivity index is 1.37. The number of rotatable bonds is 3. The SMILES string of the molecule is Cn1cccc1CN1C[C@@H]2CN(C(=O)c3cnccn3)C[C@@H]2C1. The molecule has 4 rings (SSSR count). The predicted octanol–water partition coefficient (Wildman–Crippen LogP) is 1.02. The number of carbonyl (C=O) groups excluding carboxylic acids is 1. The molecule has 0 unspecified atom stereocenters. The van der Waals surface area contributed by atoms with E-state index in [9.17, 15) is 4.79 Å². The topological polar surface area (TPSA) is 54.3 Å². The Hall–Kier alpha value is -2.21. The molecule has 2 atom stereocenters. The fraction of sp³-hybridized carbons (Fsp3) is 0.471. The second-order valence-electron chi connectivity index (χ2n) is 6.63. The monoisotopic (exact) mass is 311 g/mol. The maximum atomic E-state index is 12.5. The van der Waals surface area contributed by atoms with Crippen LogP contribution in [0.3, 0.4) is 0 Å². The second-order valence-corrected chi connectivity index (χ2v) is 6.63. The molecule has 2 saturated heterocycles. The van der Waals surface area contributed by atoms with Gasteiger partial charge in [0.15, 0.2) is 0 Å². The van der Waals surface area contributed by atoms with Crippen LogP contribution in [0.4, 0.5) is 0 Å². The van der Waals surface area contributed by atoms with E-state index in [1.807, 2.05) is 4.90 Å². The lowest BCUT2D eigenvalue weighted by Crippen LogP contribution is -2.33. The zero-order valence-corrected chi connectivity index (χ0v) is 13.3. The Morgan fingerprint density at radius 3 is 2.61 bits per heavy atom. The van der Waals surface area contributed by atoms with Crippen molar-refractivity contribution in [2.45, 2.75) is 6.54 Å². The average Bonchev–Trinajstić information content (AvgIpc) is 3.23. The van der Waals surface area contributed by atoms with Crippen LogP contribution in [-0.4, -0.2) is 56.4 Å². The summed E-state index contributed by atoms with van der Waals surface area (Å²) < 4.78 is 2.18. The van der Waals surface area contributed by atoms with E-state index >= 15 is 0 Å². The summed E-state index contributed by atoms with van der Waals surface area (Å²) in [6.45, 7) is 4.81. The van der Waals surface area contributed by atoms with Gasteiger partial charge in [0.25, 0.3) is 5.91 Å². The first-order valence-corrected chi connectivity index (χ1v) is 8.08. The normalized spacial score (nSPS) is 24.1. The molecule has 120 valence electrons. The maximum absolute atomic E-state index is 12.5. The highest BCUT2D eigenvalue weighted by molar-refractivity contribution is 5.92. The molecular weight excluding hydrogens is 290 g/mol. The zero-order chi connectivity index (χ0) is 15.8. The lowest BCUT2D eigenvalue weighted by atomic mass is 10.0. The van der Waals surface area contributed by atoms with E-state index < -0.39 is 0 Å². The first kappa shape index (κ1) is 14.4. The molecule has 2 aliphatic rings. The highest BCUT2D eigenvalue weighted by atomic mass is 16.2. The molecular formula is C17H21N5O. The molecule has 0 aromatic carbocycles. The zero-order valence-electron chi connectivity index (χ0n) is 13.3. The molecule has 0 saturated carbocycles. The molecule has 2 aromatic heterocycles. The number of hydrogen-bond acceptors (Lipinski definition) is 4. The van der Waals surface area contributed by atoms with Gasteiger partial charge in [0.05, 0.1) is 6.20 Å². The van der Waals surface area contributed by atoms with Crippen LogP contribution >= 0.6 is 0 Å². The van der Waals surface area contributed by atoms with E-state index in [1.165, 1.54) is 5.69 Å². The number of likely N-dealkylation sites (tertiary alicyclic amines) is 2. The van der Waals surface area contributed by atoms with Crippen molar-refractivity contribution in [3.63, 3.8) is 0 Å². The molecule has 2 aromatic rings. The minimum absolute atomic E-state index is 0.0153. The third-order valence-corrected chi connectivity index (χ3v) is 5.07. The number of aryl methyl sites for hydroxylation is 1. The van der Waals surface area contributed by atoms with Gasteiger partial charge in [-0.2, -0.15) is 0 Å². The van der Waals surface area contributed by atoms with Gasteiger partial charge in [-0.3, -0.25) is 14.7 Å². The van der Waals surface area contributed by atoms with Crippen molar-refractivity contribution in [1.29, 1.82) is 0 Å². The van der Waals surface area contributed by atoms with Crippen LogP contribution in [-0.2, 0) is 13.6 Å². The Morgan fingerprint density at radius 2 is 2.00 bits per heavy atom. The summed E-state index contributed by atoms with van der Waals surface area (Å²) in [5.74, 6) is 1.17. The van der Waals surface area contributed by atoms with Crippen molar-refractivity contribution >= 4 is 5.91 Å². The molecule has 1 amide bonds. The largest absolute Gasteiger partial charge is 0.353 e. The smallest absolute Gasteiger partial charge is 0.274 e. The van der Waals surface area contributed by atoms with Crippen LogP contribution in [0.2, 0.25) is 0 Å². The van der Waals surface area contributed by atoms with Crippen molar-refractivity contribution in [3.8, 4) is 0 Å². The molecule has 6 nitrogen and oxygen atoms in total. The van der Waals surface area contributed by atoms with Crippen LogP contribution < -0.4 is 0 Å². The number of nitrogens with zero attached hydrogens (tertiary/aromatic N) is 5. The first-order valence-electron chi connectivity index (χ1n) is 8.08. The van der Waals surface area contributed by atoms with Crippen molar-refractivity contribution in [3.05, 3.63) is 48.3 Å². The van der Waals surface area contributed by atoms with Crippen molar-refractivity contribution in [1.82, 2.24) is 24.3 Å². The van der Waals surface area contributed by atoms with Gasteiger partial charge in [0.2, 0.25) is 0 Å². The van der Waals surface area contributed by atoms with Gasteiger partial charge in [0.1, 0.15) is 5.69 Å². The summed E-state index contributed by atoms with van der Waals surface area (Å²) >= 11 is 0. The summed E-state index contributed by atoms with van der Waals surface area (Å²) in [5.41, 5.74) is 1.80. The summed E-state index contributed by atoms with van der Waals surface area (Å²) in [6, 6.07) is 4.27. The van der Waals surface area contributed by atoms with Crippen molar-refractivity contribution < 1.29 is 4.79 Å². The van der Waals surface area contributed by atoms with Gasteiger partial charge >= 0.3 is 0 Å². The summed E-state index contributed by atoms with van der Waals surface area (Å²) in [6.07, 6.45) is 6.81. The van der Waals surface area contributed by atoms with E-state index in [0.717, 1.165) is 32.7 Å². The Bertz CT molecular complexity index is 684. The quantitative estimate of drug-likeness (QED) is 0.849. The fourth-order valence-electron chi connectivity index (χ4n) is 3.85. The number of amides is 1. The molecule has 2 fully saturated rings. The highest BCUT2D eigenvalue weighted by Crippen LogP contribution is 2.32. The van der Waals surface area contributed by atoms with Crippen molar-refractivity contribution in [2.75, 3.05) is 26.2 Å². The Morgan fingerprint density at radius 1 is 1.22 bits per heavy atom. The molecule has 0 radical (unpaired) electrons. The van der Waals surface area contributed by atoms with Gasteiger partial charge in [-0.05, 0) is 24.0 Å². The molecule has 0 spiro atoms. The molecule has 4 heterocycles. The molecule has 2 aliphatic heterocycles. The molecule has 0 N–H and O–H groups in total. The van der Waals surface area contributed by atoms with Gasteiger partial charge in [0, 0.05) is 64.1 Å². The minimum atomic E-state index is 0.0153. The fourth-order valence-corrected chi connectivity index (χ4v) is 3.85. The third kappa shape index (κ3) is 2.74. The van der Waals surface area contributed by atoms with E-state index in [2.05, 4.69) is 44.8 Å². The molecule has 23 heavy (non-hydrogen) atoms. The standard InChI is InChI=1S/C17H21N5O/c1-20-6-2-3-15(20)12-21-8-13-10-22(11-14(13)9-21)17(23)16-7-18-4-5-19-16/h2-7,13-14H,8-12H2,1H3/t13-,14+. The summed E-state index contributed by atoms with van der Waals surface area (Å²) in [4.78, 5) is 25.0. The van der Waals surface area contributed by atoms with E-state index in [4.69, 9.17) is 0 Å². The van der Waals surface area contributed by atoms with E-state index in [1.54, 1.807) is 18.6 Å². The van der Waals surface area contributed by atoms with Gasteiger partial charge in [-0.25, -0.2) is 4.98 Å². The molecule has 0 aliphatic carbocycles.